The van der Waals surface area contributed by atoms with Gasteiger partial charge in [-0.3, -0.25) is 0 Å². The van der Waals surface area contributed by atoms with Gasteiger partial charge in [0.25, 0.3) is 0 Å². The predicted octanol–water partition coefficient (Wildman–Crippen LogP) is 2.45. The van der Waals surface area contributed by atoms with Gasteiger partial charge in [-0.25, -0.2) is 9.18 Å². The summed E-state index contributed by atoms with van der Waals surface area (Å²) in [4.78, 5) is 11.1. The Labute approximate surface area is 93.5 Å². The fourth-order valence-electron chi connectivity index (χ4n) is 1.10. The molecule has 0 atom stereocenters. The second kappa shape index (κ2) is 5.30. The molecule has 0 radical (unpaired) electrons. The summed E-state index contributed by atoms with van der Waals surface area (Å²) in [6.45, 7) is 5.05. The Bertz CT molecular complexity index is 413. The normalized spacial score (nSPS) is 9.69. The SMILES string of the molecule is C=C(C)C(=O)OCc1ccc(F)cc1OC. The van der Waals surface area contributed by atoms with Crippen molar-refractivity contribution in [2.24, 2.45) is 0 Å². The van der Waals surface area contributed by atoms with E-state index in [-0.39, 0.29) is 6.61 Å². The van der Waals surface area contributed by atoms with Crippen LogP contribution in [-0.4, -0.2) is 13.1 Å². The van der Waals surface area contributed by atoms with Crippen LogP contribution in [0.2, 0.25) is 0 Å². The molecule has 0 saturated heterocycles. The van der Waals surface area contributed by atoms with Crippen molar-refractivity contribution in [2.45, 2.75) is 13.5 Å². The number of benzene rings is 1. The smallest absolute Gasteiger partial charge is 0.333 e. The van der Waals surface area contributed by atoms with Crippen LogP contribution >= 0.6 is 0 Å². The topological polar surface area (TPSA) is 35.5 Å². The lowest BCUT2D eigenvalue weighted by molar-refractivity contribution is -0.140. The van der Waals surface area contributed by atoms with E-state index in [2.05, 4.69) is 6.58 Å². The van der Waals surface area contributed by atoms with E-state index < -0.39 is 11.8 Å². The van der Waals surface area contributed by atoms with Crippen molar-refractivity contribution in [3.05, 3.63) is 41.7 Å². The Kier molecular flexibility index (Phi) is 4.05. The molecule has 0 bridgehead atoms. The molecular formula is C12H13FO3. The van der Waals surface area contributed by atoms with E-state index in [0.717, 1.165) is 0 Å². The van der Waals surface area contributed by atoms with Crippen molar-refractivity contribution >= 4 is 5.97 Å². The van der Waals surface area contributed by atoms with Gasteiger partial charge in [0.05, 0.1) is 7.11 Å². The van der Waals surface area contributed by atoms with Gasteiger partial charge >= 0.3 is 5.97 Å². The summed E-state index contributed by atoms with van der Waals surface area (Å²) in [6.07, 6.45) is 0. The van der Waals surface area contributed by atoms with Crippen molar-refractivity contribution in [1.29, 1.82) is 0 Å². The van der Waals surface area contributed by atoms with Crippen molar-refractivity contribution in [2.75, 3.05) is 7.11 Å². The van der Waals surface area contributed by atoms with Gasteiger partial charge in [-0.2, -0.15) is 0 Å². The third-order valence-corrected chi connectivity index (χ3v) is 1.96. The lowest BCUT2D eigenvalue weighted by Gasteiger charge is -2.09. The van der Waals surface area contributed by atoms with Crippen molar-refractivity contribution in [1.82, 2.24) is 0 Å². The van der Waals surface area contributed by atoms with Crippen molar-refractivity contribution in [3.63, 3.8) is 0 Å². The average Bonchev–Trinajstić information content (AvgIpc) is 2.26. The van der Waals surface area contributed by atoms with Gasteiger partial charge in [0, 0.05) is 17.2 Å². The van der Waals surface area contributed by atoms with Crippen LogP contribution in [0.5, 0.6) is 5.75 Å². The molecule has 0 fully saturated rings. The molecule has 0 saturated carbocycles. The molecule has 86 valence electrons. The fraction of sp³-hybridized carbons (Fsp3) is 0.250. The lowest BCUT2D eigenvalue weighted by Crippen LogP contribution is -2.05. The van der Waals surface area contributed by atoms with Crippen LogP contribution < -0.4 is 4.74 Å². The number of hydrogen-bond acceptors (Lipinski definition) is 3. The monoisotopic (exact) mass is 224 g/mol. The molecule has 0 aliphatic heterocycles. The molecule has 1 rings (SSSR count). The first kappa shape index (κ1) is 12.2. The highest BCUT2D eigenvalue weighted by Gasteiger charge is 2.08. The van der Waals surface area contributed by atoms with E-state index in [1.165, 1.54) is 25.3 Å². The number of esters is 1. The minimum absolute atomic E-state index is 0.0369. The summed E-state index contributed by atoms with van der Waals surface area (Å²) >= 11 is 0. The van der Waals surface area contributed by atoms with E-state index in [4.69, 9.17) is 9.47 Å². The third kappa shape index (κ3) is 3.08. The lowest BCUT2D eigenvalue weighted by atomic mass is 10.2. The molecule has 3 nitrogen and oxygen atoms in total. The first-order chi connectivity index (χ1) is 7.54. The van der Waals surface area contributed by atoms with Gasteiger partial charge in [0.15, 0.2) is 0 Å². The fourth-order valence-corrected chi connectivity index (χ4v) is 1.10. The van der Waals surface area contributed by atoms with Crippen LogP contribution in [0, 0.1) is 5.82 Å². The maximum absolute atomic E-state index is 12.9. The Hall–Kier alpha value is -1.84. The van der Waals surface area contributed by atoms with Crippen LogP contribution in [0.4, 0.5) is 4.39 Å². The zero-order valence-corrected chi connectivity index (χ0v) is 9.25. The zero-order chi connectivity index (χ0) is 12.1. The van der Waals surface area contributed by atoms with Gasteiger partial charge in [-0.15, -0.1) is 0 Å². The molecule has 0 aromatic heterocycles. The quantitative estimate of drug-likeness (QED) is 0.582. The van der Waals surface area contributed by atoms with E-state index >= 15 is 0 Å². The number of rotatable bonds is 4. The van der Waals surface area contributed by atoms with E-state index in [0.29, 0.717) is 16.9 Å². The van der Waals surface area contributed by atoms with Gasteiger partial charge in [0.2, 0.25) is 0 Å². The predicted molar refractivity (Wildman–Crippen MR) is 57.6 cm³/mol. The maximum Gasteiger partial charge on any atom is 0.333 e. The second-order valence-electron chi connectivity index (χ2n) is 3.31. The Morgan fingerprint density at radius 3 is 2.75 bits per heavy atom. The summed E-state index contributed by atoms with van der Waals surface area (Å²) < 4.78 is 22.8. The molecule has 0 unspecified atom stereocenters. The molecule has 0 aliphatic rings. The molecule has 0 heterocycles. The summed E-state index contributed by atoms with van der Waals surface area (Å²) in [5.41, 5.74) is 0.930. The number of hydrogen-bond donors (Lipinski definition) is 0. The molecular weight excluding hydrogens is 211 g/mol. The Balaban J connectivity index is 2.74. The zero-order valence-electron chi connectivity index (χ0n) is 9.25. The number of halogens is 1. The van der Waals surface area contributed by atoms with Crippen LogP contribution in [0.1, 0.15) is 12.5 Å². The number of methoxy groups -OCH3 is 1. The van der Waals surface area contributed by atoms with Crippen LogP contribution in [0.25, 0.3) is 0 Å². The van der Waals surface area contributed by atoms with Crippen LogP contribution in [0.15, 0.2) is 30.4 Å². The van der Waals surface area contributed by atoms with Gasteiger partial charge in [0.1, 0.15) is 18.2 Å². The largest absolute Gasteiger partial charge is 0.496 e. The van der Waals surface area contributed by atoms with Crippen LogP contribution in [-0.2, 0) is 16.1 Å². The number of ether oxygens (including phenoxy) is 2. The van der Waals surface area contributed by atoms with Crippen molar-refractivity contribution < 1.29 is 18.7 Å². The minimum Gasteiger partial charge on any atom is -0.496 e. The second-order valence-corrected chi connectivity index (χ2v) is 3.31. The molecule has 0 N–H and O–H groups in total. The first-order valence-electron chi connectivity index (χ1n) is 4.69. The maximum atomic E-state index is 12.9. The molecule has 1 aromatic rings. The van der Waals surface area contributed by atoms with Gasteiger partial charge in [-0.1, -0.05) is 6.58 Å². The highest BCUT2D eigenvalue weighted by molar-refractivity contribution is 5.86. The van der Waals surface area contributed by atoms with Crippen molar-refractivity contribution in [3.8, 4) is 5.75 Å². The highest BCUT2D eigenvalue weighted by Crippen LogP contribution is 2.20. The van der Waals surface area contributed by atoms with Crippen LogP contribution in [0.3, 0.4) is 0 Å². The summed E-state index contributed by atoms with van der Waals surface area (Å²) in [5.74, 6) is -0.521. The Morgan fingerprint density at radius 2 is 2.19 bits per heavy atom. The molecule has 4 heteroatoms. The van der Waals surface area contributed by atoms with Gasteiger partial charge in [-0.05, 0) is 19.1 Å². The Morgan fingerprint density at radius 1 is 1.50 bits per heavy atom. The standard InChI is InChI=1S/C12H13FO3/c1-8(2)12(14)16-7-9-4-5-10(13)6-11(9)15-3/h4-6H,1,7H2,2-3H3. The molecule has 16 heavy (non-hydrogen) atoms. The van der Waals surface area contributed by atoms with E-state index in [1.807, 2.05) is 0 Å². The summed E-state index contributed by atoms with van der Waals surface area (Å²) in [5, 5.41) is 0. The average molecular weight is 224 g/mol. The molecule has 1 aromatic carbocycles. The third-order valence-electron chi connectivity index (χ3n) is 1.96. The minimum atomic E-state index is -0.480. The van der Waals surface area contributed by atoms with E-state index in [9.17, 15) is 9.18 Å². The first-order valence-corrected chi connectivity index (χ1v) is 4.69. The molecule has 0 aliphatic carbocycles. The highest BCUT2D eigenvalue weighted by atomic mass is 19.1. The molecule has 0 amide bonds. The number of carbonyl (C=O) groups excluding carboxylic acids is 1. The number of carbonyl (C=O) groups is 1. The van der Waals surface area contributed by atoms with Gasteiger partial charge < -0.3 is 9.47 Å². The molecule has 0 spiro atoms. The summed E-state index contributed by atoms with van der Waals surface area (Å²) in [6, 6.07) is 4.04. The van der Waals surface area contributed by atoms with E-state index in [1.54, 1.807) is 6.92 Å². The summed E-state index contributed by atoms with van der Waals surface area (Å²) in [7, 11) is 1.43.